The molecular weight excluding hydrogens is 202 g/mol. The third kappa shape index (κ3) is 2.19. The van der Waals surface area contributed by atoms with E-state index in [-0.39, 0.29) is 5.78 Å². The SMILES string of the molecule is CCc1cccnc1C(=O)Cc1ccoc1. The second kappa shape index (κ2) is 4.75. The van der Waals surface area contributed by atoms with Crippen molar-refractivity contribution in [2.45, 2.75) is 19.8 Å². The summed E-state index contributed by atoms with van der Waals surface area (Å²) in [4.78, 5) is 16.1. The van der Waals surface area contributed by atoms with E-state index in [1.807, 2.05) is 19.1 Å². The number of pyridine rings is 1. The van der Waals surface area contributed by atoms with Crippen LogP contribution in [0.2, 0.25) is 0 Å². The van der Waals surface area contributed by atoms with Crippen molar-refractivity contribution in [2.75, 3.05) is 0 Å². The predicted octanol–water partition coefficient (Wildman–Crippen LogP) is 2.66. The molecule has 0 aromatic carbocycles. The van der Waals surface area contributed by atoms with Crippen LogP contribution in [0.25, 0.3) is 0 Å². The molecule has 0 radical (unpaired) electrons. The molecule has 0 aliphatic rings. The number of Topliss-reactive ketones (excluding diaryl/α,β-unsaturated/α-hetero) is 1. The first-order chi connectivity index (χ1) is 7.81. The van der Waals surface area contributed by atoms with Crippen LogP contribution >= 0.6 is 0 Å². The van der Waals surface area contributed by atoms with Gasteiger partial charge in [0.05, 0.1) is 12.5 Å². The van der Waals surface area contributed by atoms with Gasteiger partial charge in [0.1, 0.15) is 5.69 Å². The maximum atomic E-state index is 12.0. The van der Waals surface area contributed by atoms with Crippen LogP contribution in [0.3, 0.4) is 0 Å². The molecule has 0 saturated carbocycles. The van der Waals surface area contributed by atoms with Crippen LogP contribution in [0.1, 0.15) is 28.5 Å². The maximum absolute atomic E-state index is 12.0. The average molecular weight is 215 g/mol. The summed E-state index contributed by atoms with van der Waals surface area (Å²) in [7, 11) is 0. The van der Waals surface area contributed by atoms with E-state index in [1.54, 1.807) is 24.8 Å². The smallest absolute Gasteiger partial charge is 0.185 e. The first-order valence-corrected chi connectivity index (χ1v) is 5.29. The molecular formula is C13H13NO2. The van der Waals surface area contributed by atoms with Crippen LogP contribution in [-0.4, -0.2) is 10.8 Å². The molecule has 16 heavy (non-hydrogen) atoms. The fourth-order valence-corrected chi connectivity index (χ4v) is 1.64. The lowest BCUT2D eigenvalue weighted by Gasteiger charge is -2.03. The molecule has 0 unspecified atom stereocenters. The number of hydrogen-bond donors (Lipinski definition) is 0. The van der Waals surface area contributed by atoms with Gasteiger partial charge in [-0.1, -0.05) is 13.0 Å². The zero-order valence-electron chi connectivity index (χ0n) is 9.14. The fraction of sp³-hybridized carbons (Fsp3) is 0.231. The third-order valence-electron chi connectivity index (χ3n) is 2.48. The summed E-state index contributed by atoms with van der Waals surface area (Å²) in [6, 6.07) is 5.59. The van der Waals surface area contributed by atoms with Crippen molar-refractivity contribution < 1.29 is 9.21 Å². The summed E-state index contributed by atoms with van der Waals surface area (Å²) in [5, 5.41) is 0. The summed E-state index contributed by atoms with van der Waals surface area (Å²) < 4.78 is 4.94. The lowest BCUT2D eigenvalue weighted by atomic mass is 10.0. The summed E-state index contributed by atoms with van der Waals surface area (Å²) >= 11 is 0. The van der Waals surface area contributed by atoms with Gasteiger partial charge in [0.2, 0.25) is 0 Å². The summed E-state index contributed by atoms with van der Waals surface area (Å²) in [6.07, 6.45) is 5.98. The summed E-state index contributed by atoms with van der Waals surface area (Å²) in [5.41, 5.74) is 2.46. The van der Waals surface area contributed by atoms with E-state index < -0.39 is 0 Å². The van der Waals surface area contributed by atoms with Gasteiger partial charge in [-0.3, -0.25) is 9.78 Å². The first kappa shape index (κ1) is 10.6. The van der Waals surface area contributed by atoms with Gasteiger partial charge in [-0.2, -0.15) is 0 Å². The minimum atomic E-state index is 0.0406. The highest BCUT2D eigenvalue weighted by molar-refractivity contribution is 5.96. The molecule has 3 heteroatoms. The fourth-order valence-electron chi connectivity index (χ4n) is 1.64. The molecule has 3 nitrogen and oxygen atoms in total. The quantitative estimate of drug-likeness (QED) is 0.736. The number of hydrogen-bond acceptors (Lipinski definition) is 3. The molecule has 0 aliphatic carbocycles. The maximum Gasteiger partial charge on any atom is 0.185 e. The monoisotopic (exact) mass is 215 g/mol. The normalized spacial score (nSPS) is 10.3. The molecule has 2 aromatic heterocycles. The zero-order valence-corrected chi connectivity index (χ0v) is 9.14. The highest BCUT2D eigenvalue weighted by Gasteiger charge is 2.12. The number of ketones is 1. The standard InChI is InChI=1S/C13H13NO2/c1-2-11-4-3-6-14-13(11)12(15)8-10-5-7-16-9-10/h3-7,9H,2,8H2,1H3. The number of carbonyl (C=O) groups is 1. The lowest BCUT2D eigenvalue weighted by Crippen LogP contribution is -2.08. The van der Waals surface area contributed by atoms with Crippen LogP contribution in [0, 0.1) is 0 Å². The Morgan fingerprint density at radius 3 is 3.00 bits per heavy atom. The van der Waals surface area contributed by atoms with Gasteiger partial charge in [0.15, 0.2) is 5.78 Å². The van der Waals surface area contributed by atoms with Crippen LogP contribution < -0.4 is 0 Å². The lowest BCUT2D eigenvalue weighted by molar-refractivity contribution is 0.0987. The van der Waals surface area contributed by atoms with Crippen molar-refractivity contribution in [3.05, 3.63) is 53.7 Å². The molecule has 0 N–H and O–H groups in total. The predicted molar refractivity (Wildman–Crippen MR) is 60.4 cm³/mol. The van der Waals surface area contributed by atoms with Crippen molar-refractivity contribution in [2.24, 2.45) is 0 Å². The summed E-state index contributed by atoms with van der Waals surface area (Å²) in [6.45, 7) is 2.02. The van der Waals surface area contributed by atoms with E-state index in [0.717, 1.165) is 17.5 Å². The minimum Gasteiger partial charge on any atom is -0.472 e. The van der Waals surface area contributed by atoms with Crippen LogP contribution in [0.15, 0.2) is 41.3 Å². The first-order valence-electron chi connectivity index (χ1n) is 5.29. The Bertz CT molecular complexity index is 474. The second-order valence-corrected chi connectivity index (χ2v) is 3.60. The topological polar surface area (TPSA) is 43.1 Å². The molecule has 0 aliphatic heterocycles. The van der Waals surface area contributed by atoms with Gasteiger partial charge < -0.3 is 4.42 Å². The molecule has 0 bridgehead atoms. The van der Waals surface area contributed by atoms with Gasteiger partial charge in [0, 0.05) is 12.6 Å². The largest absolute Gasteiger partial charge is 0.472 e. The Labute approximate surface area is 94.1 Å². The molecule has 0 spiro atoms. The Hall–Kier alpha value is -1.90. The van der Waals surface area contributed by atoms with Gasteiger partial charge in [-0.05, 0) is 29.7 Å². The van der Waals surface area contributed by atoms with Crippen LogP contribution in [0.4, 0.5) is 0 Å². The van der Waals surface area contributed by atoms with Gasteiger partial charge in [-0.25, -0.2) is 0 Å². The van der Waals surface area contributed by atoms with E-state index in [4.69, 9.17) is 4.42 Å². The zero-order chi connectivity index (χ0) is 11.4. The van der Waals surface area contributed by atoms with E-state index in [0.29, 0.717) is 12.1 Å². The Morgan fingerprint density at radius 2 is 2.31 bits per heavy atom. The molecule has 2 aromatic rings. The molecule has 0 fully saturated rings. The van der Waals surface area contributed by atoms with Gasteiger partial charge in [-0.15, -0.1) is 0 Å². The van der Waals surface area contributed by atoms with Crippen molar-refractivity contribution in [1.82, 2.24) is 4.98 Å². The van der Waals surface area contributed by atoms with E-state index in [2.05, 4.69) is 4.98 Å². The van der Waals surface area contributed by atoms with Crippen LogP contribution in [0.5, 0.6) is 0 Å². The number of rotatable bonds is 4. The van der Waals surface area contributed by atoms with E-state index >= 15 is 0 Å². The molecule has 0 saturated heterocycles. The third-order valence-corrected chi connectivity index (χ3v) is 2.48. The molecule has 2 heterocycles. The number of nitrogens with zero attached hydrogens (tertiary/aromatic N) is 1. The van der Waals surface area contributed by atoms with Gasteiger partial charge in [0.25, 0.3) is 0 Å². The van der Waals surface area contributed by atoms with Crippen molar-refractivity contribution in [3.8, 4) is 0 Å². The minimum absolute atomic E-state index is 0.0406. The van der Waals surface area contributed by atoms with E-state index in [1.165, 1.54) is 0 Å². The van der Waals surface area contributed by atoms with Crippen molar-refractivity contribution >= 4 is 5.78 Å². The van der Waals surface area contributed by atoms with E-state index in [9.17, 15) is 4.79 Å². The Morgan fingerprint density at radius 1 is 1.44 bits per heavy atom. The molecule has 2 rings (SSSR count). The Kier molecular flexibility index (Phi) is 3.15. The molecule has 0 atom stereocenters. The molecule has 0 amide bonds. The van der Waals surface area contributed by atoms with Gasteiger partial charge >= 0.3 is 0 Å². The number of aryl methyl sites for hydroxylation is 1. The van der Waals surface area contributed by atoms with Crippen molar-refractivity contribution in [1.29, 1.82) is 0 Å². The average Bonchev–Trinajstić information content (AvgIpc) is 2.81. The number of furan rings is 1. The van der Waals surface area contributed by atoms with Crippen LogP contribution in [-0.2, 0) is 12.8 Å². The Balaban J connectivity index is 2.21. The highest BCUT2D eigenvalue weighted by Crippen LogP contribution is 2.11. The molecule has 82 valence electrons. The highest BCUT2D eigenvalue weighted by atomic mass is 16.3. The number of aromatic nitrogens is 1. The summed E-state index contributed by atoms with van der Waals surface area (Å²) in [5.74, 6) is 0.0406. The number of carbonyl (C=O) groups excluding carboxylic acids is 1. The van der Waals surface area contributed by atoms with Crippen molar-refractivity contribution in [3.63, 3.8) is 0 Å². The second-order valence-electron chi connectivity index (χ2n) is 3.60.